The van der Waals surface area contributed by atoms with E-state index < -0.39 is 5.97 Å². The molecular formula is C11H9BrN2O2S. The lowest BCUT2D eigenvalue weighted by atomic mass is 10.2. The predicted molar refractivity (Wildman–Crippen MR) is 70.1 cm³/mol. The van der Waals surface area contributed by atoms with E-state index in [1.807, 2.05) is 24.3 Å². The molecule has 6 heteroatoms. The number of nitrogens with one attached hydrogen (secondary N) is 1. The van der Waals surface area contributed by atoms with E-state index in [-0.39, 0.29) is 5.75 Å². The molecule has 0 aliphatic rings. The molecule has 0 aliphatic heterocycles. The summed E-state index contributed by atoms with van der Waals surface area (Å²) < 4.78 is 0.971. The summed E-state index contributed by atoms with van der Waals surface area (Å²) in [5.41, 5.74) is 1.87. The Morgan fingerprint density at radius 2 is 2.24 bits per heavy atom. The van der Waals surface area contributed by atoms with Crippen molar-refractivity contribution < 1.29 is 9.90 Å². The Balaban J connectivity index is 2.18. The van der Waals surface area contributed by atoms with Crippen LogP contribution in [0.4, 0.5) is 0 Å². The van der Waals surface area contributed by atoms with Gasteiger partial charge in [0.2, 0.25) is 0 Å². The maximum Gasteiger partial charge on any atom is 0.313 e. The molecule has 1 aromatic heterocycles. The lowest BCUT2D eigenvalue weighted by Crippen LogP contribution is -1.97. The van der Waals surface area contributed by atoms with Crippen molar-refractivity contribution in [1.29, 1.82) is 0 Å². The molecule has 2 rings (SSSR count). The molecule has 0 amide bonds. The summed E-state index contributed by atoms with van der Waals surface area (Å²) in [6.07, 6.45) is 1.70. The van der Waals surface area contributed by atoms with E-state index in [4.69, 9.17) is 5.11 Å². The second-order valence-corrected chi connectivity index (χ2v) is 5.08. The van der Waals surface area contributed by atoms with Gasteiger partial charge in [-0.15, -0.1) is 0 Å². The van der Waals surface area contributed by atoms with Crippen molar-refractivity contribution in [2.45, 2.75) is 5.16 Å². The number of imidazole rings is 1. The highest BCUT2D eigenvalue weighted by Crippen LogP contribution is 2.27. The second kappa shape index (κ2) is 5.37. The van der Waals surface area contributed by atoms with Crippen LogP contribution in [0.25, 0.3) is 11.3 Å². The third-order valence-corrected chi connectivity index (χ3v) is 3.61. The van der Waals surface area contributed by atoms with Gasteiger partial charge in [-0.25, -0.2) is 4.98 Å². The number of carboxylic acid groups (broad SMARTS) is 1. The molecule has 0 radical (unpaired) electrons. The first-order chi connectivity index (χ1) is 8.16. The maximum atomic E-state index is 10.4. The zero-order valence-corrected chi connectivity index (χ0v) is 11.1. The number of benzene rings is 1. The first kappa shape index (κ1) is 12.2. The monoisotopic (exact) mass is 312 g/mol. The number of nitrogens with zero attached hydrogens (tertiary/aromatic N) is 1. The van der Waals surface area contributed by atoms with Gasteiger partial charge in [-0.1, -0.05) is 45.9 Å². The summed E-state index contributed by atoms with van der Waals surface area (Å²) >= 11 is 4.62. The van der Waals surface area contributed by atoms with Crippen LogP contribution in [0.5, 0.6) is 0 Å². The molecule has 0 spiro atoms. The molecule has 2 aromatic rings. The number of hydrogen-bond acceptors (Lipinski definition) is 3. The van der Waals surface area contributed by atoms with E-state index in [2.05, 4.69) is 25.9 Å². The fourth-order valence-corrected chi connectivity index (χ4v) is 2.39. The van der Waals surface area contributed by atoms with Gasteiger partial charge in [0.1, 0.15) is 0 Å². The van der Waals surface area contributed by atoms with Crippen molar-refractivity contribution in [2.75, 3.05) is 5.75 Å². The van der Waals surface area contributed by atoms with E-state index in [1.165, 1.54) is 11.8 Å². The van der Waals surface area contributed by atoms with E-state index in [9.17, 15) is 4.79 Å². The Morgan fingerprint density at radius 3 is 2.94 bits per heavy atom. The van der Waals surface area contributed by atoms with Gasteiger partial charge in [0.05, 0.1) is 17.6 Å². The third-order valence-electron chi connectivity index (χ3n) is 2.05. The number of aromatic nitrogens is 2. The molecule has 0 saturated carbocycles. The van der Waals surface area contributed by atoms with E-state index in [0.29, 0.717) is 5.16 Å². The summed E-state index contributed by atoms with van der Waals surface area (Å²) in [5, 5.41) is 9.18. The molecule has 0 fully saturated rings. The van der Waals surface area contributed by atoms with Gasteiger partial charge in [-0.05, 0) is 6.07 Å². The highest BCUT2D eigenvalue weighted by atomic mass is 79.9. The highest BCUT2D eigenvalue weighted by molar-refractivity contribution is 9.10. The first-order valence-corrected chi connectivity index (χ1v) is 6.59. The minimum atomic E-state index is -0.853. The van der Waals surface area contributed by atoms with Crippen LogP contribution in [-0.4, -0.2) is 26.8 Å². The van der Waals surface area contributed by atoms with Crippen LogP contribution in [0.2, 0.25) is 0 Å². The van der Waals surface area contributed by atoms with Crippen LogP contribution in [0.15, 0.2) is 40.1 Å². The van der Waals surface area contributed by atoms with Crippen LogP contribution < -0.4 is 0 Å². The number of carbonyl (C=O) groups is 1. The Hall–Kier alpha value is -1.27. The fourth-order valence-electron chi connectivity index (χ4n) is 1.32. The maximum absolute atomic E-state index is 10.4. The average molecular weight is 313 g/mol. The van der Waals surface area contributed by atoms with Crippen molar-refractivity contribution in [3.63, 3.8) is 0 Å². The quantitative estimate of drug-likeness (QED) is 0.852. The van der Waals surface area contributed by atoms with E-state index in [1.54, 1.807) is 6.20 Å². The third kappa shape index (κ3) is 3.10. The van der Waals surface area contributed by atoms with Gasteiger partial charge < -0.3 is 10.1 Å². The molecule has 0 bridgehead atoms. The number of aliphatic carboxylic acids is 1. The number of hydrogen-bond donors (Lipinski definition) is 2. The zero-order valence-electron chi connectivity index (χ0n) is 8.68. The van der Waals surface area contributed by atoms with Crippen LogP contribution in [-0.2, 0) is 4.79 Å². The van der Waals surface area contributed by atoms with Crippen LogP contribution in [0, 0.1) is 0 Å². The Labute approximate surface area is 111 Å². The van der Waals surface area contributed by atoms with Gasteiger partial charge in [0, 0.05) is 10.0 Å². The average Bonchev–Trinajstić information content (AvgIpc) is 2.75. The number of halogens is 1. The topological polar surface area (TPSA) is 66.0 Å². The lowest BCUT2D eigenvalue weighted by Gasteiger charge is -1.99. The van der Waals surface area contributed by atoms with Crippen molar-refractivity contribution in [3.05, 3.63) is 34.9 Å². The molecule has 4 nitrogen and oxygen atoms in total. The molecule has 0 atom stereocenters. The minimum absolute atomic E-state index is 0.00289. The first-order valence-electron chi connectivity index (χ1n) is 4.81. The number of carboxylic acids is 1. The lowest BCUT2D eigenvalue weighted by molar-refractivity contribution is -0.133. The minimum Gasteiger partial charge on any atom is -0.481 e. The summed E-state index contributed by atoms with van der Waals surface area (Å²) in [7, 11) is 0. The largest absolute Gasteiger partial charge is 0.481 e. The summed E-state index contributed by atoms with van der Waals surface area (Å²) in [6.45, 7) is 0. The fraction of sp³-hybridized carbons (Fsp3) is 0.0909. The van der Waals surface area contributed by atoms with Crippen LogP contribution in [0.1, 0.15) is 0 Å². The normalized spacial score (nSPS) is 10.4. The molecule has 0 aliphatic carbocycles. The Morgan fingerprint density at radius 1 is 1.47 bits per heavy atom. The summed E-state index contributed by atoms with van der Waals surface area (Å²) in [4.78, 5) is 17.6. The van der Waals surface area contributed by atoms with Crippen molar-refractivity contribution in [2.24, 2.45) is 0 Å². The number of aromatic amines is 1. The molecule has 88 valence electrons. The van der Waals surface area contributed by atoms with Crippen molar-refractivity contribution >= 4 is 33.7 Å². The van der Waals surface area contributed by atoms with Crippen LogP contribution >= 0.6 is 27.7 Å². The van der Waals surface area contributed by atoms with Gasteiger partial charge in [-0.3, -0.25) is 4.79 Å². The molecule has 0 unspecified atom stereocenters. The van der Waals surface area contributed by atoms with E-state index >= 15 is 0 Å². The van der Waals surface area contributed by atoms with Gasteiger partial charge in [0.25, 0.3) is 0 Å². The molecule has 1 aromatic carbocycles. The Bertz CT molecular complexity index is 542. The van der Waals surface area contributed by atoms with Crippen molar-refractivity contribution in [1.82, 2.24) is 9.97 Å². The summed E-state index contributed by atoms with van der Waals surface area (Å²) in [6, 6.07) is 7.78. The standard InChI is InChI=1S/C11H9BrN2O2S/c12-8-4-2-1-3-7(8)9-5-13-11(14-9)17-6-10(15)16/h1-5H,6H2,(H,13,14)(H,15,16). The van der Waals surface area contributed by atoms with Gasteiger partial charge in [0.15, 0.2) is 5.16 Å². The van der Waals surface area contributed by atoms with Gasteiger partial charge >= 0.3 is 5.97 Å². The number of thioether (sulfide) groups is 1. The second-order valence-electron chi connectivity index (χ2n) is 3.26. The SMILES string of the molecule is O=C(O)CSc1ncc(-c2ccccc2Br)[nH]1. The molecular weight excluding hydrogens is 304 g/mol. The van der Waals surface area contributed by atoms with Gasteiger partial charge in [-0.2, -0.15) is 0 Å². The molecule has 0 saturated heterocycles. The van der Waals surface area contributed by atoms with Crippen molar-refractivity contribution in [3.8, 4) is 11.3 Å². The van der Waals surface area contributed by atoms with E-state index in [0.717, 1.165) is 15.7 Å². The molecule has 1 heterocycles. The smallest absolute Gasteiger partial charge is 0.313 e. The molecule has 17 heavy (non-hydrogen) atoms. The highest BCUT2D eigenvalue weighted by Gasteiger charge is 2.07. The zero-order chi connectivity index (χ0) is 12.3. The Kier molecular flexibility index (Phi) is 3.86. The predicted octanol–water partition coefficient (Wildman–Crippen LogP) is 3.02. The number of rotatable bonds is 4. The van der Waals surface area contributed by atoms with Crippen LogP contribution in [0.3, 0.4) is 0 Å². The summed E-state index contributed by atoms with van der Waals surface area (Å²) in [5.74, 6) is -0.850. The number of H-pyrrole nitrogens is 1. The molecule has 2 N–H and O–H groups in total.